The molecule has 1 N–H and O–H groups in total. The van der Waals surface area contributed by atoms with Crippen LogP contribution in [-0.4, -0.2) is 48.5 Å². The maximum Gasteiger partial charge on any atom is 0.244 e. The lowest BCUT2D eigenvalue weighted by molar-refractivity contribution is -0.132. The molecule has 3 rings (SSSR count). The Hall–Kier alpha value is -0.620. The van der Waals surface area contributed by atoms with E-state index in [0.29, 0.717) is 6.42 Å². The second-order valence-corrected chi connectivity index (χ2v) is 8.03. The topological polar surface area (TPSA) is 66.5 Å². The third kappa shape index (κ3) is 1.86. The number of carbonyl (C=O) groups excluding carboxylic acids is 1. The molecular weight excluding hydrogens is 252 g/mol. The van der Waals surface area contributed by atoms with E-state index in [-0.39, 0.29) is 35.2 Å². The highest BCUT2D eigenvalue weighted by atomic mass is 32.2. The lowest BCUT2D eigenvalue weighted by Gasteiger charge is -2.29. The molecule has 2 aliphatic heterocycles. The first-order chi connectivity index (χ1) is 8.47. The van der Waals surface area contributed by atoms with Gasteiger partial charge in [-0.2, -0.15) is 0 Å². The minimum absolute atomic E-state index is 0.0447. The van der Waals surface area contributed by atoms with Gasteiger partial charge >= 0.3 is 0 Å². The molecule has 2 unspecified atom stereocenters. The van der Waals surface area contributed by atoms with Crippen LogP contribution in [0.2, 0.25) is 0 Å². The summed E-state index contributed by atoms with van der Waals surface area (Å²) in [7, 11) is -2.93. The number of sulfone groups is 1. The Bertz CT molecular complexity index is 470. The van der Waals surface area contributed by atoms with E-state index in [9.17, 15) is 13.2 Å². The van der Waals surface area contributed by atoms with Crippen molar-refractivity contribution in [3.05, 3.63) is 0 Å². The predicted molar refractivity (Wildman–Crippen MR) is 67.7 cm³/mol. The molecule has 0 aromatic carbocycles. The van der Waals surface area contributed by atoms with Crippen LogP contribution in [0.25, 0.3) is 0 Å². The zero-order valence-electron chi connectivity index (χ0n) is 10.7. The lowest BCUT2D eigenvalue weighted by atomic mass is 10.1. The minimum atomic E-state index is -2.93. The summed E-state index contributed by atoms with van der Waals surface area (Å²) in [5.74, 6) is 0.521. The highest BCUT2D eigenvalue weighted by molar-refractivity contribution is 7.91. The van der Waals surface area contributed by atoms with E-state index >= 15 is 0 Å². The molecular formula is C12H20N2O3S. The van der Waals surface area contributed by atoms with Gasteiger partial charge in [-0.1, -0.05) is 13.3 Å². The van der Waals surface area contributed by atoms with Crippen molar-refractivity contribution >= 4 is 15.7 Å². The Morgan fingerprint density at radius 2 is 2.17 bits per heavy atom. The quantitative estimate of drug-likeness (QED) is 0.800. The first-order valence-electron chi connectivity index (χ1n) is 6.78. The van der Waals surface area contributed by atoms with E-state index in [1.54, 1.807) is 0 Å². The van der Waals surface area contributed by atoms with Crippen LogP contribution in [0.1, 0.15) is 39.0 Å². The van der Waals surface area contributed by atoms with Gasteiger partial charge in [0.1, 0.15) is 0 Å². The second kappa shape index (κ2) is 3.93. The smallest absolute Gasteiger partial charge is 0.244 e. The van der Waals surface area contributed by atoms with Crippen LogP contribution in [0.4, 0.5) is 0 Å². The van der Waals surface area contributed by atoms with Gasteiger partial charge in [-0.3, -0.25) is 10.1 Å². The Balaban J connectivity index is 1.82. The number of nitrogens with zero attached hydrogens (tertiary/aromatic N) is 1. The van der Waals surface area contributed by atoms with Crippen molar-refractivity contribution in [1.82, 2.24) is 10.2 Å². The highest BCUT2D eigenvalue weighted by Crippen LogP contribution is 2.44. The van der Waals surface area contributed by atoms with Gasteiger partial charge in [0.15, 0.2) is 9.84 Å². The average Bonchev–Trinajstić information content (AvgIpc) is 2.91. The molecule has 0 aromatic rings. The number of hydrogen-bond donors (Lipinski definition) is 1. The van der Waals surface area contributed by atoms with E-state index in [1.807, 2.05) is 4.90 Å². The molecule has 102 valence electrons. The van der Waals surface area contributed by atoms with Crippen molar-refractivity contribution in [3.63, 3.8) is 0 Å². The molecule has 2 saturated heterocycles. The molecule has 1 aliphatic carbocycles. The van der Waals surface area contributed by atoms with Crippen LogP contribution in [0, 0.1) is 0 Å². The summed E-state index contributed by atoms with van der Waals surface area (Å²) in [6.45, 7) is 2.09. The van der Waals surface area contributed by atoms with E-state index in [1.165, 1.54) is 0 Å². The van der Waals surface area contributed by atoms with Crippen LogP contribution >= 0.6 is 0 Å². The van der Waals surface area contributed by atoms with Gasteiger partial charge in [0.05, 0.1) is 23.2 Å². The van der Waals surface area contributed by atoms with Crippen LogP contribution in [0.5, 0.6) is 0 Å². The minimum Gasteiger partial charge on any atom is -0.322 e. The van der Waals surface area contributed by atoms with E-state index in [2.05, 4.69) is 12.2 Å². The standard InChI is InChI=1S/C12H20N2O3S/c1-2-3-10-13-12(5-6-12)11(15)14(10)9-4-7-18(16,17)8-9/h9-10,13H,2-8H2,1H3. The van der Waals surface area contributed by atoms with Gasteiger partial charge in [0, 0.05) is 6.04 Å². The number of rotatable bonds is 3. The number of nitrogens with one attached hydrogen (secondary N) is 1. The summed E-state index contributed by atoms with van der Waals surface area (Å²) >= 11 is 0. The predicted octanol–water partition coefficient (Wildman–Crippen LogP) is 0.264. The molecule has 1 amide bonds. The molecule has 2 atom stereocenters. The van der Waals surface area contributed by atoms with Gasteiger partial charge in [0.2, 0.25) is 5.91 Å². The summed E-state index contributed by atoms with van der Waals surface area (Å²) in [4.78, 5) is 14.3. The molecule has 3 aliphatic rings. The van der Waals surface area contributed by atoms with Gasteiger partial charge < -0.3 is 4.90 Å². The summed E-state index contributed by atoms with van der Waals surface area (Å²) in [5, 5.41) is 3.43. The third-order valence-electron chi connectivity index (χ3n) is 4.34. The van der Waals surface area contributed by atoms with E-state index in [0.717, 1.165) is 25.7 Å². The summed E-state index contributed by atoms with van der Waals surface area (Å²) in [6, 6.07) is -0.105. The summed E-state index contributed by atoms with van der Waals surface area (Å²) < 4.78 is 23.2. The largest absolute Gasteiger partial charge is 0.322 e. The van der Waals surface area contributed by atoms with Gasteiger partial charge in [0.25, 0.3) is 0 Å². The van der Waals surface area contributed by atoms with Crippen molar-refractivity contribution in [2.24, 2.45) is 0 Å². The molecule has 1 spiro atoms. The van der Waals surface area contributed by atoms with Crippen LogP contribution in [-0.2, 0) is 14.6 Å². The number of hydrogen-bond acceptors (Lipinski definition) is 4. The van der Waals surface area contributed by atoms with Crippen molar-refractivity contribution in [2.45, 2.75) is 56.8 Å². The molecule has 18 heavy (non-hydrogen) atoms. The summed E-state index contributed by atoms with van der Waals surface area (Å²) in [5.41, 5.74) is -0.327. The molecule has 5 nitrogen and oxygen atoms in total. The monoisotopic (exact) mass is 272 g/mol. The maximum absolute atomic E-state index is 12.4. The van der Waals surface area contributed by atoms with Crippen molar-refractivity contribution in [3.8, 4) is 0 Å². The maximum atomic E-state index is 12.4. The van der Waals surface area contributed by atoms with Gasteiger partial charge in [-0.05, 0) is 25.7 Å². The Morgan fingerprint density at radius 1 is 1.44 bits per heavy atom. The fourth-order valence-electron chi connectivity index (χ4n) is 3.22. The average molecular weight is 272 g/mol. The zero-order chi connectivity index (χ0) is 13.0. The van der Waals surface area contributed by atoms with Crippen LogP contribution in [0.3, 0.4) is 0 Å². The first kappa shape index (κ1) is 12.4. The molecule has 0 aromatic heterocycles. The molecule has 6 heteroatoms. The second-order valence-electron chi connectivity index (χ2n) is 5.80. The fraction of sp³-hybridized carbons (Fsp3) is 0.917. The van der Waals surface area contributed by atoms with E-state index in [4.69, 9.17) is 0 Å². The van der Waals surface area contributed by atoms with Crippen molar-refractivity contribution in [1.29, 1.82) is 0 Å². The highest BCUT2D eigenvalue weighted by Gasteiger charge is 2.60. The first-order valence-corrected chi connectivity index (χ1v) is 8.60. The third-order valence-corrected chi connectivity index (χ3v) is 6.09. The SMILES string of the molecule is CCCC1NC2(CC2)C(=O)N1C1CCS(=O)(=O)C1. The van der Waals surface area contributed by atoms with Crippen LogP contribution in [0.15, 0.2) is 0 Å². The Morgan fingerprint density at radius 3 is 2.67 bits per heavy atom. The fourth-order valence-corrected chi connectivity index (χ4v) is 4.93. The zero-order valence-corrected chi connectivity index (χ0v) is 11.5. The molecule has 1 saturated carbocycles. The number of carbonyl (C=O) groups is 1. The normalized spacial score (nSPS) is 36.5. The van der Waals surface area contributed by atoms with E-state index < -0.39 is 9.84 Å². The summed E-state index contributed by atoms with van der Waals surface area (Å²) in [6.07, 6.45) is 4.36. The van der Waals surface area contributed by atoms with Crippen LogP contribution < -0.4 is 5.32 Å². The number of amides is 1. The van der Waals surface area contributed by atoms with Crippen molar-refractivity contribution in [2.75, 3.05) is 11.5 Å². The van der Waals surface area contributed by atoms with Gasteiger partial charge in [-0.15, -0.1) is 0 Å². The molecule has 2 heterocycles. The molecule has 3 fully saturated rings. The lowest BCUT2D eigenvalue weighted by Crippen LogP contribution is -2.45. The molecule has 0 bridgehead atoms. The Kier molecular flexibility index (Phi) is 2.71. The molecule has 0 radical (unpaired) electrons. The van der Waals surface area contributed by atoms with Gasteiger partial charge in [-0.25, -0.2) is 8.42 Å². The van der Waals surface area contributed by atoms with Crippen molar-refractivity contribution < 1.29 is 13.2 Å². The Labute approximate surface area is 108 Å².